The molecule has 1 heterocycles. The number of likely N-dealkylation sites (tertiary alicyclic amines) is 1. The average molecular weight is 157 g/mol. The number of nitrogens with zero attached hydrogens (tertiary/aromatic N) is 1. The molecule has 0 bridgehead atoms. The minimum atomic E-state index is -0.164. The van der Waals surface area contributed by atoms with Gasteiger partial charge in [0.15, 0.2) is 0 Å². The van der Waals surface area contributed by atoms with Gasteiger partial charge in [-0.05, 0) is 18.8 Å². The first kappa shape index (κ1) is 9.01. The van der Waals surface area contributed by atoms with E-state index in [0.717, 1.165) is 18.4 Å². The van der Waals surface area contributed by atoms with Crippen molar-refractivity contribution in [2.45, 2.75) is 26.9 Å². The van der Waals surface area contributed by atoms with Crippen LogP contribution in [0.5, 0.6) is 0 Å². The molecule has 0 spiro atoms. The molecule has 0 aromatic rings. The molecule has 1 atom stereocenters. The molecule has 1 rings (SSSR count). The van der Waals surface area contributed by atoms with Crippen molar-refractivity contribution in [3.05, 3.63) is 0 Å². The van der Waals surface area contributed by atoms with Crippen molar-refractivity contribution in [2.75, 3.05) is 19.6 Å². The summed E-state index contributed by atoms with van der Waals surface area (Å²) in [6.07, 6.45) is -0.164. The average Bonchev–Trinajstić information content (AvgIpc) is 1.75. The van der Waals surface area contributed by atoms with Gasteiger partial charge in [-0.2, -0.15) is 0 Å². The van der Waals surface area contributed by atoms with Crippen LogP contribution in [0, 0.1) is 11.8 Å². The van der Waals surface area contributed by atoms with Crippen LogP contribution < -0.4 is 0 Å². The second-order valence-electron chi connectivity index (χ2n) is 4.07. The fourth-order valence-electron chi connectivity index (χ4n) is 1.55. The van der Waals surface area contributed by atoms with Gasteiger partial charge in [0.25, 0.3) is 0 Å². The van der Waals surface area contributed by atoms with E-state index in [1.165, 1.54) is 13.1 Å². The van der Waals surface area contributed by atoms with Gasteiger partial charge in [-0.3, -0.25) is 0 Å². The van der Waals surface area contributed by atoms with Crippen molar-refractivity contribution in [3.63, 3.8) is 0 Å². The van der Waals surface area contributed by atoms with E-state index in [2.05, 4.69) is 18.7 Å². The van der Waals surface area contributed by atoms with Crippen molar-refractivity contribution in [2.24, 2.45) is 11.8 Å². The molecule has 0 amide bonds. The molecule has 0 aliphatic carbocycles. The lowest BCUT2D eigenvalue weighted by molar-refractivity contribution is 0.0279. The van der Waals surface area contributed by atoms with Crippen molar-refractivity contribution >= 4 is 0 Å². The molecular weight excluding hydrogens is 138 g/mol. The van der Waals surface area contributed by atoms with Gasteiger partial charge in [0, 0.05) is 19.6 Å². The third kappa shape index (κ3) is 2.46. The van der Waals surface area contributed by atoms with Gasteiger partial charge in [-0.15, -0.1) is 0 Å². The fourth-order valence-corrected chi connectivity index (χ4v) is 1.55. The highest BCUT2D eigenvalue weighted by molar-refractivity contribution is 4.82. The molecular formula is C9H19NO. The first-order valence-electron chi connectivity index (χ1n) is 4.50. The van der Waals surface area contributed by atoms with E-state index in [1.54, 1.807) is 0 Å². The molecule has 0 aromatic carbocycles. The molecule has 1 fully saturated rings. The lowest BCUT2D eigenvalue weighted by Gasteiger charge is -2.42. The quantitative estimate of drug-likeness (QED) is 0.659. The van der Waals surface area contributed by atoms with Crippen LogP contribution in [0.25, 0.3) is 0 Å². The second-order valence-corrected chi connectivity index (χ2v) is 4.07. The highest BCUT2D eigenvalue weighted by atomic mass is 16.3. The summed E-state index contributed by atoms with van der Waals surface area (Å²) >= 11 is 0. The third-order valence-corrected chi connectivity index (χ3v) is 2.45. The summed E-state index contributed by atoms with van der Waals surface area (Å²) in [6.45, 7) is 9.60. The van der Waals surface area contributed by atoms with Crippen LogP contribution in [0.2, 0.25) is 0 Å². The molecule has 1 aliphatic heterocycles. The van der Waals surface area contributed by atoms with Gasteiger partial charge in [0.05, 0.1) is 6.10 Å². The Bertz CT molecular complexity index is 117. The standard InChI is InChI=1S/C9H19NO/c1-7(2)9-5-10(6-9)4-8(3)11/h7-9,11H,4-6H2,1-3H3/t8-/m1/s1. The summed E-state index contributed by atoms with van der Waals surface area (Å²) < 4.78 is 0. The van der Waals surface area contributed by atoms with E-state index in [1.807, 2.05) is 6.92 Å². The van der Waals surface area contributed by atoms with E-state index in [4.69, 9.17) is 5.11 Å². The lowest BCUT2D eigenvalue weighted by Crippen LogP contribution is -2.51. The number of aliphatic hydroxyl groups excluding tert-OH is 1. The summed E-state index contributed by atoms with van der Waals surface area (Å²) in [5.41, 5.74) is 0. The summed E-state index contributed by atoms with van der Waals surface area (Å²) in [5.74, 6) is 1.67. The highest BCUT2D eigenvalue weighted by Crippen LogP contribution is 2.22. The van der Waals surface area contributed by atoms with Crippen LogP contribution in [0.4, 0.5) is 0 Å². The molecule has 1 N–H and O–H groups in total. The molecule has 0 unspecified atom stereocenters. The van der Waals surface area contributed by atoms with Crippen molar-refractivity contribution in [1.29, 1.82) is 0 Å². The summed E-state index contributed by atoms with van der Waals surface area (Å²) in [6, 6.07) is 0. The predicted molar refractivity (Wildman–Crippen MR) is 46.4 cm³/mol. The molecule has 1 aliphatic rings. The Morgan fingerprint density at radius 3 is 2.27 bits per heavy atom. The smallest absolute Gasteiger partial charge is 0.0639 e. The van der Waals surface area contributed by atoms with Gasteiger partial charge in [0.1, 0.15) is 0 Å². The first-order chi connectivity index (χ1) is 5.09. The summed E-state index contributed by atoms with van der Waals surface area (Å²) in [4.78, 5) is 2.31. The van der Waals surface area contributed by atoms with Gasteiger partial charge >= 0.3 is 0 Å². The van der Waals surface area contributed by atoms with E-state index in [0.29, 0.717) is 0 Å². The van der Waals surface area contributed by atoms with Gasteiger partial charge in [-0.1, -0.05) is 13.8 Å². The molecule has 0 aromatic heterocycles. The molecule has 0 radical (unpaired) electrons. The Morgan fingerprint density at radius 1 is 1.36 bits per heavy atom. The van der Waals surface area contributed by atoms with E-state index in [-0.39, 0.29) is 6.10 Å². The maximum absolute atomic E-state index is 9.07. The van der Waals surface area contributed by atoms with Crippen LogP contribution in [0.15, 0.2) is 0 Å². The Kier molecular flexibility index (Phi) is 2.90. The zero-order valence-electron chi connectivity index (χ0n) is 7.75. The van der Waals surface area contributed by atoms with E-state index >= 15 is 0 Å². The number of hydrogen-bond acceptors (Lipinski definition) is 2. The van der Waals surface area contributed by atoms with E-state index in [9.17, 15) is 0 Å². The van der Waals surface area contributed by atoms with Crippen molar-refractivity contribution in [3.8, 4) is 0 Å². The van der Waals surface area contributed by atoms with Gasteiger partial charge < -0.3 is 10.0 Å². The summed E-state index contributed by atoms with van der Waals surface area (Å²) in [5, 5.41) is 9.07. The second kappa shape index (κ2) is 3.55. The van der Waals surface area contributed by atoms with Gasteiger partial charge in [-0.25, -0.2) is 0 Å². The van der Waals surface area contributed by atoms with Crippen LogP contribution >= 0.6 is 0 Å². The number of aliphatic hydroxyl groups is 1. The van der Waals surface area contributed by atoms with Gasteiger partial charge in [0.2, 0.25) is 0 Å². The molecule has 0 saturated carbocycles. The molecule has 1 saturated heterocycles. The third-order valence-electron chi connectivity index (χ3n) is 2.45. The summed E-state index contributed by atoms with van der Waals surface area (Å²) in [7, 11) is 0. The first-order valence-corrected chi connectivity index (χ1v) is 4.50. The Hall–Kier alpha value is -0.0800. The van der Waals surface area contributed by atoms with Crippen molar-refractivity contribution < 1.29 is 5.11 Å². The molecule has 2 heteroatoms. The normalized spacial score (nSPS) is 23.7. The SMILES string of the molecule is CC(C)C1CN(C[C@@H](C)O)C1. The lowest BCUT2D eigenvalue weighted by atomic mass is 9.88. The Balaban J connectivity index is 2.09. The monoisotopic (exact) mass is 157 g/mol. The van der Waals surface area contributed by atoms with Crippen LogP contribution in [-0.2, 0) is 0 Å². The molecule has 2 nitrogen and oxygen atoms in total. The number of rotatable bonds is 3. The molecule has 11 heavy (non-hydrogen) atoms. The minimum Gasteiger partial charge on any atom is -0.392 e. The van der Waals surface area contributed by atoms with Crippen LogP contribution in [0.1, 0.15) is 20.8 Å². The highest BCUT2D eigenvalue weighted by Gasteiger charge is 2.28. The Labute approximate surface area is 69.2 Å². The maximum atomic E-state index is 9.07. The fraction of sp³-hybridized carbons (Fsp3) is 1.00. The zero-order chi connectivity index (χ0) is 8.43. The molecule has 66 valence electrons. The van der Waals surface area contributed by atoms with Crippen molar-refractivity contribution in [1.82, 2.24) is 4.90 Å². The topological polar surface area (TPSA) is 23.5 Å². The van der Waals surface area contributed by atoms with Crippen LogP contribution in [-0.4, -0.2) is 35.7 Å². The van der Waals surface area contributed by atoms with Crippen LogP contribution in [0.3, 0.4) is 0 Å². The predicted octanol–water partition coefficient (Wildman–Crippen LogP) is 0.955. The largest absolute Gasteiger partial charge is 0.392 e. The number of hydrogen-bond donors (Lipinski definition) is 1. The minimum absolute atomic E-state index is 0.164. The van der Waals surface area contributed by atoms with E-state index < -0.39 is 0 Å². The zero-order valence-corrected chi connectivity index (χ0v) is 7.75. The number of β-amino-alcohol motifs (C(OH)–C–C–N with tert-alkyl or cyclic N) is 1. The maximum Gasteiger partial charge on any atom is 0.0639 e. The Morgan fingerprint density at radius 2 is 1.91 bits per heavy atom.